The second-order valence-electron chi connectivity index (χ2n) is 5.06. The minimum Gasteiger partial charge on any atom is -0.454 e. The van der Waals surface area contributed by atoms with Crippen LogP contribution in [0.4, 0.5) is 11.4 Å². The lowest BCUT2D eigenvalue weighted by Crippen LogP contribution is -2.14. The predicted octanol–water partition coefficient (Wildman–Crippen LogP) is 2.59. The molecule has 2 rings (SSSR count). The number of ether oxygens (including phenoxy) is 1. The smallest absolute Gasteiger partial charge is 0.338 e. The van der Waals surface area contributed by atoms with Gasteiger partial charge in [-0.2, -0.15) is 0 Å². The van der Waals surface area contributed by atoms with Crippen molar-refractivity contribution in [2.45, 2.75) is 6.92 Å². The topological polar surface area (TPSA) is 116 Å². The fourth-order valence-electron chi connectivity index (χ4n) is 1.96. The molecule has 0 aromatic heterocycles. The number of esters is 1. The van der Waals surface area contributed by atoms with Crippen LogP contribution in [0.2, 0.25) is 0 Å². The number of amides is 1. The van der Waals surface area contributed by atoms with Gasteiger partial charge in [-0.1, -0.05) is 0 Å². The highest BCUT2D eigenvalue weighted by Crippen LogP contribution is 2.13. The van der Waals surface area contributed by atoms with E-state index in [9.17, 15) is 24.5 Å². The van der Waals surface area contributed by atoms with Crippen molar-refractivity contribution in [2.75, 3.05) is 11.9 Å². The molecule has 0 aliphatic carbocycles. The Kier molecular flexibility index (Phi) is 5.57. The lowest BCUT2D eigenvalue weighted by Gasteiger charge is -2.06. The number of non-ortho nitro benzene ring substituents is 1. The van der Waals surface area contributed by atoms with Gasteiger partial charge < -0.3 is 10.1 Å². The number of carbonyl (C=O) groups is 3. The Hall–Kier alpha value is -3.55. The van der Waals surface area contributed by atoms with Gasteiger partial charge in [0.05, 0.1) is 10.5 Å². The van der Waals surface area contributed by atoms with E-state index in [1.165, 1.54) is 43.3 Å². The van der Waals surface area contributed by atoms with Gasteiger partial charge in [-0.25, -0.2) is 4.79 Å². The van der Waals surface area contributed by atoms with Crippen molar-refractivity contribution in [2.24, 2.45) is 0 Å². The van der Waals surface area contributed by atoms with Gasteiger partial charge in [-0.3, -0.25) is 19.7 Å². The van der Waals surface area contributed by atoms with Crippen LogP contribution < -0.4 is 5.32 Å². The number of hydrogen-bond acceptors (Lipinski definition) is 6. The zero-order valence-corrected chi connectivity index (χ0v) is 13.2. The summed E-state index contributed by atoms with van der Waals surface area (Å²) in [4.78, 5) is 44.8. The number of anilines is 1. The molecule has 2 aromatic carbocycles. The quantitative estimate of drug-likeness (QED) is 0.373. The molecule has 2 aromatic rings. The Morgan fingerprint density at radius 3 is 2.08 bits per heavy atom. The summed E-state index contributed by atoms with van der Waals surface area (Å²) in [6.45, 7) is 0.909. The molecule has 1 amide bonds. The number of rotatable bonds is 6. The Labute approximate surface area is 142 Å². The van der Waals surface area contributed by atoms with E-state index in [-0.39, 0.29) is 17.2 Å². The fraction of sp³-hybridized carbons (Fsp3) is 0.118. The molecule has 0 aliphatic heterocycles. The molecule has 0 bridgehead atoms. The Bertz CT molecular complexity index is 812. The molecule has 0 unspecified atom stereocenters. The van der Waals surface area contributed by atoms with Crippen LogP contribution in [0.15, 0.2) is 48.5 Å². The van der Waals surface area contributed by atoms with Crippen LogP contribution in [-0.2, 0) is 9.53 Å². The molecule has 0 saturated carbocycles. The molecule has 0 heterocycles. The van der Waals surface area contributed by atoms with Crippen LogP contribution in [0, 0.1) is 10.1 Å². The molecule has 8 heteroatoms. The van der Waals surface area contributed by atoms with Gasteiger partial charge in [0.2, 0.25) is 5.91 Å². The first-order valence-electron chi connectivity index (χ1n) is 7.19. The van der Waals surface area contributed by atoms with Gasteiger partial charge in [0.1, 0.15) is 0 Å². The van der Waals surface area contributed by atoms with Crippen molar-refractivity contribution in [3.63, 3.8) is 0 Å². The van der Waals surface area contributed by atoms with Gasteiger partial charge in [-0.15, -0.1) is 0 Å². The Balaban J connectivity index is 1.93. The first-order valence-corrected chi connectivity index (χ1v) is 7.19. The largest absolute Gasteiger partial charge is 0.454 e. The number of carbonyl (C=O) groups excluding carboxylic acids is 3. The zero-order chi connectivity index (χ0) is 18.4. The van der Waals surface area contributed by atoms with Gasteiger partial charge >= 0.3 is 5.97 Å². The summed E-state index contributed by atoms with van der Waals surface area (Å²) in [7, 11) is 0. The summed E-state index contributed by atoms with van der Waals surface area (Å²) < 4.78 is 4.91. The zero-order valence-electron chi connectivity index (χ0n) is 13.2. The molecule has 0 spiro atoms. The van der Waals surface area contributed by atoms with E-state index in [0.717, 1.165) is 0 Å². The average molecular weight is 342 g/mol. The minimum atomic E-state index is -0.752. The monoisotopic (exact) mass is 342 g/mol. The molecule has 0 aliphatic rings. The molecule has 0 fully saturated rings. The third kappa shape index (κ3) is 4.96. The highest BCUT2D eigenvalue weighted by atomic mass is 16.6. The van der Waals surface area contributed by atoms with Crippen LogP contribution >= 0.6 is 0 Å². The summed E-state index contributed by atoms with van der Waals surface area (Å²) in [5, 5.41) is 13.1. The van der Waals surface area contributed by atoms with Crippen LogP contribution in [0.5, 0.6) is 0 Å². The summed E-state index contributed by atoms with van der Waals surface area (Å²) in [6.07, 6.45) is 0. The molecule has 0 radical (unpaired) electrons. The fourth-order valence-corrected chi connectivity index (χ4v) is 1.96. The maximum absolute atomic E-state index is 12.0. The van der Waals surface area contributed by atoms with E-state index in [2.05, 4.69) is 5.32 Å². The summed E-state index contributed by atoms with van der Waals surface area (Å²) in [6, 6.07) is 11.0. The first kappa shape index (κ1) is 17.8. The molecule has 1 N–H and O–H groups in total. The van der Waals surface area contributed by atoms with Gasteiger partial charge in [0.25, 0.3) is 5.69 Å². The van der Waals surface area contributed by atoms with Gasteiger partial charge in [0.15, 0.2) is 12.4 Å². The van der Waals surface area contributed by atoms with Gasteiger partial charge in [-0.05, 0) is 36.4 Å². The second kappa shape index (κ2) is 7.82. The van der Waals surface area contributed by atoms with E-state index in [4.69, 9.17) is 4.74 Å². The van der Waals surface area contributed by atoms with E-state index in [1.807, 2.05) is 0 Å². The van der Waals surface area contributed by atoms with E-state index in [1.54, 1.807) is 12.1 Å². The van der Waals surface area contributed by atoms with Crippen molar-refractivity contribution in [3.8, 4) is 0 Å². The molecule has 128 valence electrons. The van der Waals surface area contributed by atoms with Crippen molar-refractivity contribution in [1.29, 1.82) is 0 Å². The highest BCUT2D eigenvalue weighted by Gasteiger charge is 2.13. The normalized spacial score (nSPS) is 9.96. The first-order chi connectivity index (χ1) is 11.9. The van der Waals surface area contributed by atoms with Crippen molar-refractivity contribution >= 4 is 29.0 Å². The number of ketones is 1. The number of nitro groups is 1. The van der Waals surface area contributed by atoms with E-state index < -0.39 is 23.3 Å². The van der Waals surface area contributed by atoms with Crippen LogP contribution in [0.3, 0.4) is 0 Å². The molecule has 0 atom stereocenters. The van der Waals surface area contributed by atoms with Crippen molar-refractivity contribution in [3.05, 3.63) is 69.8 Å². The predicted molar refractivity (Wildman–Crippen MR) is 88.5 cm³/mol. The number of nitro benzene ring substituents is 1. The van der Waals surface area contributed by atoms with Crippen LogP contribution in [0.1, 0.15) is 27.6 Å². The molecule has 0 saturated heterocycles. The lowest BCUT2D eigenvalue weighted by atomic mass is 10.1. The Morgan fingerprint density at radius 2 is 1.56 bits per heavy atom. The maximum atomic E-state index is 12.0. The van der Waals surface area contributed by atoms with Crippen molar-refractivity contribution in [1.82, 2.24) is 0 Å². The van der Waals surface area contributed by atoms with E-state index >= 15 is 0 Å². The third-order valence-corrected chi connectivity index (χ3v) is 3.18. The lowest BCUT2D eigenvalue weighted by molar-refractivity contribution is -0.384. The summed E-state index contributed by atoms with van der Waals surface area (Å²) in [5.74, 6) is -1.39. The summed E-state index contributed by atoms with van der Waals surface area (Å²) >= 11 is 0. The number of benzene rings is 2. The van der Waals surface area contributed by atoms with Crippen molar-refractivity contribution < 1.29 is 24.0 Å². The van der Waals surface area contributed by atoms with Crippen LogP contribution in [-0.4, -0.2) is 29.2 Å². The molecule has 8 nitrogen and oxygen atoms in total. The number of nitrogens with zero attached hydrogens (tertiary/aromatic N) is 1. The van der Waals surface area contributed by atoms with Crippen LogP contribution in [0.25, 0.3) is 0 Å². The second-order valence-corrected chi connectivity index (χ2v) is 5.06. The standard InChI is InChI=1S/C17H14N2O6/c1-11(20)18-14-6-2-12(3-7-14)16(21)10-25-17(22)13-4-8-15(9-5-13)19(23)24/h2-9H,10H2,1H3,(H,18,20). The number of hydrogen-bond donors (Lipinski definition) is 1. The average Bonchev–Trinajstić information content (AvgIpc) is 2.59. The van der Waals surface area contributed by atoms with Gasteiger partial charge in [0, 0.05) is 30.3 Å². The third-order valence-electron chi connectivity index (χ3n) is 3.18. The molecular weight excluding hydrogens is 328 g/mol. The molecule has 25 heavy (non-hydrogen) atoms. The Morgan fingerprint density at radius 1 is 1.00 bits per heavy atom. The molecular formula is C17H14N2O6. The summed E-state index contributed by atoms with van der Waals surface area (Å²) in [5.41, 5.74) is 0.837. The number of Topliss-reactive ketones (excluding diaryl/α,β-unsaturated/α-hetero) is 1. The van der Waals surface area contributed by atoms with E-state index in [0.29, 0.717) is 11.3 Å². The highest BCUT2D eigenvalue weighted by molar-refractivity contribution is 6.00. The maximum Gasteiger partial charge on any atom is 0.338 e. The minimum absolute atomic E-state index is 0.111. The number of nitrogens with one attached hydrogen (secondary N) is 1. The SMILES string of the molecule is CC(=O)Nc1ccc(C(=O)COC(=O)c2ccc([N+](=O)[O-])cc2)cc1.